The molecule has 2 rings (SSSR count). The van der Waals surface area contributed by atoms with Gasteiger partial charge in [0.25, 0.3) is 10.0 Å². The summed E-state index contributed by atoms with van der Waals surface area (Å²) in [5, 5.41) is 3.44. The van der Waals surface area contributed by atoms with Crippen LogP contribution in [0.25, 0.3) is 0 Å². The molecule has 21 heavy (non-hydrogen) atoms. The first-order chi connectivity index (χ1) is 10.1. The number of aryl methyl sites for hydroxylation is 1. The Bertz CT molecular complexity index is 532. The van der Waals surface area contributed by atoms with Crippen molar-refractivity contribution in [2.45, 2.75) is 43.7 Å². The van der Waals surface area contributed by atoms with Crippen molar-refractivity contribution in [1.82, 2.24) is 9.62 Å². The molecule has 1 N–H and O–H groups in total. The molecule has 0 aromatic carbocycles. The second-order valence-electron chi connectivity index (χ2n) is 5.63. The minimum atomic E-state index is -3.27. The fourth-order valence-electron chi connectivity index (χ4n) is 2.65. The van der Waals surface area contributed by atoms with E-state index in [1.807, 2.05) is 6.07 Å². The molecular weight excluding hydrogens is 304 g/mol. The van der Waals surface area contributed by atoms with E-state index in [1.165, 1.54) is 11.3 Å². The van der Waals surface area contributed by atoms with Crippen LogP contribution in [-0.2, 0) is 16.4 Å². The summed E-state index contributed by atoms with van der Waals surface area (Å²) in [6.45, 7) is 7.58. The maximum absolute atomic E-state index is 12.6. The summed E-state index contributed by atoms with van der Waals surface area (Å²) < 4.78 is 27.4. The maximum Gasteiger partial charge on any atom is 0.252 e. The number of hydrogen-bond donors (Lipinski definition) is 1. The summed E-state index contributed by atoms with van der Waals surface area (Å²) in [7, 11) is -3.27. The van der Waals surface area contributed by atoms with Gasteiger partial charge in [-0.2, -0.15) is 4.31 Å². The first-order valence-corrected chi connectivity index (χ1v) is 10.1. The summed E-state index contributed by atoms with van der Waals surface area (Å²) in [5.41, 5.74) is 0. The zero-order valence-corrected chi connectivity index (χ0v) is 14.6. The second-order valence-corrected chi connectivity index (χ2v) is 8.96. The predicted octanol–water partition coefficient (Wildman–Crippen LogP) is 2.71. The van der Waals surface area contributed by atoms with Crippen LogP contribution < -0.4 is 5.32 Å². The molecule has 2 heterocycles. The molecule has 0 spiro atoms. The summed E-state index contributed by atoms with van der Waals surface area (Å²) in [6.07, 6.45) is 3.96. The quantitative estimate of drug-likeness (QED) is 0.782. The van der Waals surface area contributed by atoms with Crippen molar-refractivity contribution in [2.75, 3.05) is 26.2 Å². The lowest BCUT2D eigenvalue weighted by Crippen LogP contribution is -2.40. The van der Waals surface area contributed by atoms with Gasteiger partial charge in [0.1, 0.15) is 4.21 Å². The number of piperidine rings is 1. The molecule has 0 aliphatic carbocycles. The molecule has 1 fully saturated rings. The second kappa shape index (κ2) is 7.72. The molecular formula is C15H26N2O2S2. The lowest BCUT2D eigenvalue weighted by Gasteiger charge is -2.31. The molecule has 1 aliphatic rings. The Balaban J connectivity index is 1.91. The number of nitrogens with zero attached hydrogens (tertiary/aromatic N) is 1. The Kier molecular flexibility index (Phi) is 6.22. The van der Waals surface area contributed by atoms with E-state index in [-0.39, 0.29) is 0 Å². The van der Waals surface area contributed by atoms with Crippen molar-refractivity contribution in [3.05, 3.63) is 17.0 Å². The van der Waals surface area contributed by atoms with Crippen LogP contribution in [0.15, 0.2) is 16.3 Å². The van der Waals surface area contributed by atoms with Gasteiger partial charge in [0.15, 0.2) is 0 Å². The van der Waals surface area contributed by atoms with Crippen LogP contribution in [0.4, 0.5) is 0 Å². The van der Waals surface area contributed by atoms with Gasteiger partial charge < -0.3 is 5.32 Å². The van der Waals surface area contributed by atoms with E-state index in [9.17, 15) is 8.42 Å². The molecule has 1 saturated heterocycles. The SMILES string of the molecule is CCCNCC1CCN(S(=O)(=O)c2ccc(CC)s2)CC1. The van der Waals surface area contributed by atoms with E-state index in [0.29, 0.717) is 23.2 Å². The molecule has 1 aromatic heterocycles. The Hall–Kier alpha value is -0.430. The van der Waals surface area contributed by atoms with Gasteiger partial charge in [-0.3, -0.25) is 0 Å². The van der Waals surface area contributed by atoms with Crippen LogP contribution in [0.2, 0.25) is 0 Å². The van der Waals surface area contributed by atoms with Gasteiger partial charge in [-0.1, -0.05) is 13.8 Å². The molecule has 1 aliphatic heterocycles. The monoisotopic (exact) mass is 330 g/mol. The van der Waals surface area contributed by atoms with E-state index in [4.69, 9.17) is 0 Å². The highest BCUT2D eigenvalue weighted by molar-refractivity contribution is 7.91. The molecule has 0 bridgehead atoms. The molecule has 0 unspecified atom stereocenters. The third-order valence-electron chi connectivity index (χ3n) is 4.01. The van der Waals surface area contributed by atoms with Crippen LogP contribution in [0.5, 0.6) is 0 Å². The molecule has 120 valence electrons. The number of thiophene rings is 1. The zero-order valence-electron chi connectivity index (χ0n) is 13.0. The van der Waals surface area contributed by atoms with Gasteiger partial charge in [-0.25, -0.2) is 8.42 Å². The third-order valence-corrected chi connectivity index (χ3v) is 7.61. The van der Waals surface area contributed by atoms with Crippen molar-refractivity contribution in [3.63, 3.8) is 0 Å². The summed E-state index contributed by atoms with van der Waals surface area (Å²) in [5.74, 6) is 0.609. The maximum atomic E-state index is 12.6. The fourth-order valence-corrected chi connectivity index (χ4v) is 5.57. The number of rotatable bonds is 7. The molecule has 0 atom stereocenters. The van der Waals surface area contributed by atoms with Gasteiger partial charge in [0.2, 0.25) is 0 Å². The molecule has 1 aromatic rings. The van der Waals surface area contributed by atoms with Crippen LogP contribution in [0, 0.1) is 5.92 Å². The molecule has 6 heteroatoms. The van der Waals surface area contributed by atoms with Gasteiger partial charge in [0, 0.05) is 18.0 Å². The van der Waals surface area contributed by atoms with Crippen LogP contribution in [0.3, 0.4) is 0 Å². The van der Waals surface area contributed by atoms with Gasteiger partial charge in [-0.15, -0.1) is 11.3 Å². The highest BCUT2D eigenvalue weighted by Crippen LogP contribution is 2.28. The van der Waals surface area contributed by atoms with Crippen LogP contribution in [-0.4, -0.2) is 38.9 Å². The smallest absolute Gasteiger partial charge is 0.252 e. The van der Waals surface area contributed by atoms with Crippen molar-refractivity contribution in [2.24, 2.45) is 5.92 Å². The minimum absolute atomic E-state index is 0.502. The number of sulfonamides is 1. The van der Waals surface area contributed by atoms with Gasteiger partial charge >= 0.3 is 0 Å². The Morgan fingerprint density at radius 3 is 2.57 bits per heavy atom. The number of hydrogen-bond acceptors (Lipinski definition) is 4. The predicted molar refractivity (Wildman–Crippen MR) is 88.3 cm³/mol. The third kappa shape index (κ3) is 4.28. The standard InChI is InChI=1S/C15H26N2O2S2/c1-3-9-16-12-13-7-10-17(11-8-13)21(18,19)15-6-5-14(4-2)20-15/h5-6,13,16H,3-4,7-12H2,1-2H3. The molecule has 0 amide bonds. The van der Waals surface area contributed by atoms with E-state index < -0.39 is 10.0 Å². The fraction of sp³-hybridized carbons (Fsp3) is 0.733. The highest BCUT2D eigenvalue weighted by Gasteiger charge is 2.30. The average Bonchev–Trinajstić information content (AvgIpc) is 2.98. The lowest BCUT2D eigenvalue weighted by molar-refractivity contribution is 0.268. The average molecular weight is 331 g/mol. The topological polar surface area (TPSA) is 49.4 Å². The van der Waals surface area contributed by atoms with E-state index in [0.717, 1.165) is 43.6 Å². The summed E-state index contributed by atoms with van der Waals surface area (Å²) in [6, 6.07) is 3.69. The normalized spacial score (nSPS) is 18.2. The summed E-state index contributed by atoms with van der Waals surface area (Å²) in [4.78, 5) is 1.13. The zero-order chi connectivity index (χ0) is 15.3. The minimum Gasteiger partial charge on any atom is -0.316 e. The first kappa shape index (κ1) is 16.9. The first-order valence-electron chi connectivity index (χ1n) is 7.87. The van der Waals surface area contributed by atoms with Crippen molar-refractivity contribution in [1.29, 1.82) is 0 Å². The van der Waals surface area contributed by atoms with Crippen LogP contribution in [0.1, 0.15) is 38.0 Å². The highest BCUT2D eigenvalue weighted by atomic mass is 32.2. The lowest BCUT2D eigenvalue weighted by atomic mass is 9.98. The summed E-state index contributed by atoms with van der Waals surface area (Å²) >= 11 is 1.41. The van der Waals surface area contributed by atoms with Crippen molar-refractivity contribution >= 4 is 21.4 Å². The molecule has 0 saturated carbocycles. The Morgan fingerprint density at radius 2 is 2.00 bits per heavy atom. The molecule has 4 nitrogen and oxygen atoms in total. The van der Waals surface area contributed by atoms with E-state index in [1.54, 1.807) is 10.4 Å². The van der Waals surface area contributed by atoms with Gasteiger partial charge in [-0.05, 0) is 56.8 Å². The van der Waals surface area contributed by atoms with Gasteiger partial charge in [0.05, 0.1) is 0 Å². The van der Waals surface area contributed by atoms with Crippen molar-refractivity contribution in [3.8, 4) is 0 Å². The van der Waals surface area contributed by atoms with E-state index in [2.05, 4.69) is 19.2 Å². The number of nitrogens with one attached hydrogen (secondary N) is 1. The van der Waals surface area contributed by atoms with Crippen molar-refractivity contribution < 1.29 is 8.42 Å². The Morgan fingerprint density at radius 1 is 1.29 bits per heavy atom. The van der Waals surface area contributed by atoms with E-state index >= 15 is 0 Å². The molecule has 0 radical (unpaired) electrons. The Labute approximate surface area is 132 Å². The van der Waals surface area contributed by atoms with Crippen LogP contribution >= 0.6 is 11.3 Å². The largest absolute Gasteiger partial charge is 0.316 e.